The lowest BCUT2D eigenvalue weighted by Gasteiger charge is -2.10. The number of terminal acetylenes is 3. The molecular formula is C18H28ClN5O2. The molecule has 1 fully saturated rings. The fraction of sp³-hybridized carbons (Fsp3) is 0.556. The van der Waals surface area contributed by atoms with Crippen LogP contribution in [0, 0.1) is 37.0 Å². The molecule has 0 spiro atoms. The first kappa shape index (κ1) is 25.7. The molecule has 5 N–H and O–H groups in total. The van der Waals surface area contributed by atoms with E-state index in [0.717, 1.165) is 13.1 Å². The zero-order valence-corrected chi connectivity index (χ0v) is 15.8. The molecule has 8 heteroatoms. The molecule has 1 heterocycles. The molecule has 1 saturated heterocycles. The van der Waals surface area contributed by atoms with Crippen LogP contribution in [0.4, 0.5) is 9.59 Å². The second kappa shape index (κ2) is 20.5. The smallest absolute Gasteiger partial charge is 0.317 e. The average molecular weight is 382 g/mol. The highest BCUT2D eigenvalue weighted by molar-refractivity contribution is 6.18. The molecule has 1 aliphatic heterocycles. The number of alkyl halides is 1. The molecular weight excluding hydrogens is 354 g/mol. The predicted octanol–water partition coefficient (Wildman–Crippen LogP) is 0.551. The second-order valence-corrected chi connectivity index (χ2v) is 5.12. The number of nitrogens with one attached hydrogen (secondary N) is 3. The van der Waals surface area contributed by atoms with Crippen molar-refractivity contribution in [2.75, 3.05) is 45.1 Å². The molecule has 0 unspecified atom stereocenters. The lowest BCUT2D eigenvalue weighted by molar-refractivity contribution is 0.218. The number of nitrogens with zero attached hydrogens (tertiary/aromatic N) is 1. The summed E-state index contributed by atoms with van der Waals surface area (Å²) in [5.74, 6) is 7.72. The molecule has 7 nitrogen and oxygen atoms in total. The van der Waals surface area contributed by atoms with Gasteiger partial charge in [-0.05, 0) is 0 Å². The van der Waals surface area contributed by atoms with Crippen molar-refractivity contribution in [2.24, 2.45) is 5.73 Å². The van der Waals surface area contributed by atoms with Crippen molar-refractivity contribution >= 4 is 23.7 Å². The van der Waals surface area contributed by atoms with Gasteiger partial charge in [0.15, 0.2) is 0 Å². The highest BCUT2D eigenvalue weighted by Gasteiger charge is 2.17. The molecule has 0 aliphatic carbocycles. The van der Waals surface area contributed by atoms with E-state index in [9.17, 15) is 9.59 Å². The first-order valence-electron chi connectivity index (χ1n) is 8.18. The van der Waals surface area contributed by atoms with Crippen molar-refractivity contribution in [1.82, 2.24) is 20.9 Å². The van der Waals surface area contributed by atoms with Gasteiger partial charge in [0.25, 0.3) is 0 Å². The molecule has 0 aromatic heterocycles. The van der Waals surface area contributed by atoms with Gasteiger partial charge >= 0.3 is 12.1 Å². The van der Waals surface area contributed by atoms with Crippen LogP contribution in [0.1, 0.15) is 19.3 Å². The Kier molecular flexibility index (Phi) is 20.3. The summed E-state index contributed by atoms with van der Waals surface area (Å²) in [4.78, 5) is 23.3. The van der Waals surface area contributed by atoms with E-state index in [4.69, 9.17) is 36.6 Å². The Balaban J connectivity index is 0. The number of amides is 4. The van der Waals surface area contributed by atoms with Crippen LogP contribution in [0.3, 0.4) is 0 Å². The van der Waals surface area contributed by atoms with Gasteiger partial charge in [-0.25, -0.2) is 9.59 Å². The number of carbonyl (C=O) groups excluding carboxylic acids is 2. The van der Waals surface area contributed by atoms with Crippen molar-refractivity contribution in [1.29, 1.82) is 0 Å². The summed E-state index contributed by atoms with van der Waals surface area (Å²) in [5.41, 5.74) is 5.00. The van der Waals surface area contributed by atoms with E-state index in [1.807, 2.05) is 0 Å². The van der Waals surface area contributed by atoms with Gasteiger partial charge in [0.1, 0.15) is 0 Å². The number of halogens is 1. The third kappa shape index (κ3) is 17.8. The van der Waals surface area contributed by atoms with Crippen molar-refractivity contribution in [3.8, 4) is 37.0 Å². The number of hydrogen-bond acceptors (Lipinski definition) is 3. The van der Waals surface area contributed by atoms with E-state index in [-0.39, 0.29) is 12.1 Å². The van der Waals surface area contributed by atoms with Gasteiger partial charge in [0.2, 0.25) is 0 Å². The van der Waals surface area contributed by atoms with Crippen LogP contribution in [0.25, 0.3) is 0 Å². The Labute approximate surface area is 161 Å². The quantitative estimate of drug-likeness (QED) is 0.294. The van der Waals surface area contributed by atoms with E-state index in [0.29, 0.717) is 51.3 Å². The predicted molar refractivity (Wildman–Crippen MR) is 106 cm³/mol. The molecule has 0 radical (unpaired) electrons. The molecule has 144 valence electrons. The summed E-state index contributed by atoms with van der Waals surface area (Å²) in [6, 6.07) is -0.212. The van der Waals surface area contributed by atoms with E-state index in [1.165, 1.54) is 0 Å². The maximum atomic E-state index is 10.8. The van der Waals surface area contributed by atoms with Crippen LogP contribution in [-0.4, -0.2) is 62.1 Å². The minimum Gasteiger partial charge on any atom is -0.337 e. The molecule has 1 aliphatic rings. The summed E-state index contributed by atoms with van der Waals surface area (Å²) in [6.07, 6.45) is 16.7. The van der Waals surface area contributed by atoms with Gasteiger partial charge < -0.3 is 26.6 Å². The van der Waals surface area contributed by atoms with Crippen LogP contribution in [-0.2, 0) is 0 Å². The molecule has 0 aromatic carbocycles. The fourth-order valence-corrected chi connectivity index (χ4v) is 1.57. The van der Waals surface area contributed by atoms with Crippen molar-refractivity contribution < 1.29 is 9.59 Å². The topological polar surface area (TPSA) is 99.5 Å². The number of hydrogen-bond donors (Lipinski definition) is 4. The summed E-state index contributed by atoms with van der Waals surface area (Å²) < 4.78 is 0. The standard InChI is InChI=1S/C7H11ClN2O.C7H10N2O.C4H7N/c1-2-3-5-9-7(11)10-6-4-8;1-2-3-5-9-6-4-8-7(9)10;1-2-3-4-5/h1H,3-6H2,(H2,9,10,11);1H,3-6H2,(H,8,10);1H,3-5H2. The summed E-state index contributed by atoms with van der Waals surface area (Å²) >= 11 is 5.33. The van der Waals surface area contributed by atoms with E-state index in [2.05, 4.69) is 33.7 Å². The fourth-order valence-electron chi connectivity index (χ4n) is 1.48. The first-order chi connectivity index (χ1) is 12.6. The summed E-state index contributed by atoms with van der Waals surface area (Å²) in [6.45, 7) is 3.82. The Morgan fingerprint density at radius 3 is 2.19 bits per heavy atom. The third-order valence-electron chi connectivity index (χ3n) is 2.69. The molecule has 1 rings (SSSR count). The van der Waals surface area contributed by atoms with Crippen LogP contribution < -0.4 is 21.7 Å². The van der Waals surface area contributed by atoms with Crippen molar-refractivity contribution in [3.05, 3.63) is 0 Å². The van der Waals surface area contributed by atoms with Crippen LogP contribution in [0.15, 0.2) is 0 Å². The lowest BCUT2D eigenvalue weighted by Crippen LogP contribution is -2.36. The van der Waals surface area contributed by atoms with E-state index >= 15 is 0 Å². The minimum atomic E-state index is -0.221. The minimum absolute atomic E-state index is 0.00949. The van der Waals surface area contributed by atoms with E-state index in [1.54, 1.807) is 4.90 Å². The normalized spacial score (nSPS) is 11.2. The molecule has 0 bridgehead atoms. The lowest BCUT2D eigenvalue weighted by atomic mass is 10.4. The van der Waals surface area contributed by atoms with Gasteiger partial charge in [0, 0.05) is 64.4 Å². The molecule has 0 saturated carbocycles. The molecule has 4 amide bonds. The second-order valence-electron chi connectivity index (χ2n) is 4.74. The average Bonchev–Trinajstić information content (AvgIpc) is 3.05. The third-order valence-corrected chi connectivity index (χ3v) is 2.88. The molecule has 0 aromatic rings. The van der Waals surface area contributed by atoms with Gasteiger partial charge in [-0.3, -0.25) is 0 Å². The van der Waals surface area contributed by atoms with Crippen LogP contribution in [0.2, 0.25) is 0 Å². The highest BCUT2D eigenvalue weighted by atomic mass is 35.5. The van der Waals surface area contributed by atoms with Gasteiger partial charge in [0.05, 0.1) is 0 Å². The zero-order valence-electron chi connectivity index (χ0n) is 15.0. The monoisotopic (exact) mass is 381 g/mol. The maximum Gasteiger partial charge on any atom is 0.317 e. The zero-order chi connectivity index (χ0) is 20.0. The first-order valence-corrected chi connectivity index (χ1v) is 8.71. The van der Waals surface area contributed by atoms with Gasteiger partial charge in [-0.15, -0.1) is 48.6 Å². The number of rotatable bonds is 7. The maximum absolute atomic E-state index is 10.8. The number of carbonyl (C=O) groups is 2. The summed E-state index contributed by atoms with van der Waals surface area (Å²) in [5, 5.41) is 7.80. The highest BCUT2D eigenvalue weighted by Crippen LogP contribution is 1.96. The molecule has 26 heavy (non-hydrogen) atoms. The largest absolute Gasteiger partial charge is 0.337 e. The Hall–Kier alpha value is -2.53. The Morgan fingerprint density at radius 2 is 1.77 bits per heavy atom. The SMILES string of the molecule is C#CCCN.C#CCCN1CCNC1=O.C#CCCNC(=O)NCCCl. The van der Waals surface area contributed by atoms with Gasteiger partial charge in [-0.1, -0.05) is 0 Å². The van der Waals surface area contributed by atoms with Gasteiger partial charge in [-0.2, -0.15) is 0 Å². The van der Waals surface area contributed by atoms with E-state index < -0.39 is 0 Å². The van der Waals surface area contributed by atoms with Crippen LogP contribution in [0.5, 0.6) is 0 Å². The Bertz CT molecular complexity index is 505. The Morgan fingerprint density at radius 1 is 1.15 bits per heavy atom. The van der Waals surface area contributed by atoms with Crippen LogP contribution >= 0.6 is 11.6 Å². The molecule has 0 atom stereocenters. The number of urea groups is 2. The summed E-state index contributed by atoms with van der Waals surface area (Å²) in [7, 11) is 0. The van der Waals surface area contributed by atoms with Crippen molar-refractivity contribution in [2.45, 2.75) is 19.3 Å². The van der Waals surface area contributed by atoms with Crippen molar-refractivity contribution in [3.63, 3.8) is 0 Å². The number of nitrogens with two attached hydrogens (primary N) is 1.